The summed E-state index contributed by atoms with van der Waals surface area (Å²) in [6, 6.07) is 23.9. The number of aryl methyl sites for hydroxylation is 2. The molecular formula is C28H22N4O4. The Morgan fingerprint density at radius 1 is 0.583 bits per heavy atom. The number of rotatable bonds is 6. The summed E-state index contributed by atoms with van der Waals surface area (Å²) >= 11 is 0. The molecule has 0 aliphatic rings. The van der Waals surface area contributed by atoms with E-state index in [-0.39, 0.29) is 22.3 Å². The van der Waals surface area contributed by atoms with Crippen molar-refractivity contribution < 1.29 is 9.59 Å². The first-order chi connectivity index (χ1) is 17.4. The monoisotopic (exact) mass is 478 g/mol. The number of aromatic amines is 2. The number of nitrogens with one attached hydrogen (secondary N) is 2. The van der Waals surface area contributed by atoms with Gasteiger partial charge >= 0.3 is 0 Å². The van der Waals surface area contributed by atoms with Gasteiger partial charge in [0.05, 0.1) is 11.4 Å². The van der Waals surface area contributed by atoms with Gasteiger partial charge in [-0.15, -0.1) is 0 Å². The number of hydrogen-bond acceptors (Lipinski definition) is 4. The number of carbonyl (C=O) groups is 2. The molecule has 178 valence electrons. The SMILES string of the molecule is Cc1[nH]n(-c2ccccc2)c(=O)c1C(=O)c1cccc(C(=O)c2c(C)[nH]n(-c3ccccc3)c2=O)c1. The minimum absolute atomic E-state index is 0.00675. The Morgan fingerprint density at radius 3 is 1.36 bits per heavy atom. The van der Waals surface area contributed by atoms with E-state index < -0.39 is 22.7 Å². The van der Waals surface area contributed by atoms with Gasteiger partial charge < -0.3 is 0 Å². The number of benzene rings is 3. The highest BCUT2D eigenvalue weighted by Crippen LogP contribution is 2.17. The Balaban J connectivity index is 1.52. The fraction of sp³-hybridized carbons (Fsp3) is 0.0714. The van der Waals surface area contributed by atoms with Gasteiger partial charge in [0.15, 0.2) is 11.6 Å². The van der Waals surface area contributed by atoms with Gasteiger partial charge in [0.2, 0.25) is 0 Å². The van der Waals surface area contributed by atoms with Gasteiger partial charge in [-0.1, -0.05) is 54.6 Å². The molecular weight excluding hydrogens is 456 g/mol. The number of para-hydroxylation sites is 2. The van der Waals surface area contributed by atoms with Gasteiger partial charge in [-0.05, 0) is 44.2 Å². The first-order valence-corrected chi connectivity index (χ1v) is 11.3. The lowest BCUT2D eigenvalue weighted by molar-refractivity contribution is 0.103. The van der Waals surface area contributed by atoms with E-state index in [0.29, 0.717) is 22.8 Å². The molecule has 0 saturated heterocycles. The molecule has 0 bridgehead atoms. The summed E-state index contributed by atoms with van der Waals surface area (Å²) < 4.78 is 2.62. The number of ketones is 2. The lowest BCUT2D eigenvalue weighted by atomic mass is 9.98. The van der Waals surface area contributed by atoms with E-state index in [1.165, 1.54) is 15.4 Å². The van der Waals surface area contributed by atoms with Crippen molar-refractivity contribution in [1.29, 1.82) is 0 Å². The Morgan fingerprint density at radius 2 is 0.972 bits per heavy atom. The molecule has 0 aliphatic carbocycles. The van der Waals surface area contributed by atoms with Crippen LogP contribution in [0.3, 0.4) is 0 Å². The second kappa shape index (κ2) is 8.99. The summed E-state index contributed by atoms with van der Waals surface area (Å²) in [4.78, 5) is 52.8. The Bertz CT molecular complexity index is 1600. The van der Waals surface area contributed by atoms with Crippen LogP contribution < -0.4 is 11.1 Å². The first kappa shape index (κ1) is 22.8. The summed E-state index contributed by atoms with van der Waals surface area (Å²) in [6.45, 7) is 3.30. The topological polar surface area (TPSA) is 110 Å². The molecule has 3 aromatic carbocycles. The van der Waals surface area contributed by atoms with E-state index in [4.69, 9.17) is 0 Å². The third-order valence-corrected chi connectivity index (χ3v) is 6.01. The van der Waals surface area contributed by atoms with Crippen LogP contribution in [-0.4, -0.2) is 31.1 Å². The number of H-pyrrole nitrogens is 2. The predicted molar refractivity (Wildman–Crippen MR) is 136 cm³/mol. The van der Waals surface area contributed by atoms with Crippen LogP contribution in [0.2, 0.25) is 0 Å². The van der Waals surface area contributed by atoms with Crippen molar-refractivity contribution >= 4 is 11.6 Å². The van der Waals surface area contributed by atoms with Crippen LogP contribution in [0.25, 0.3) is 11.4 Å². The van der Waals surface area contributed by atoms with Crippen molar-refractivity contribution in [3.8, 4) is 11.4 Å². The van der Waals surface area contributed by atoms with Crippen molar-refractivity contribution in [2.24, 2.45) is 0 Å². The second-order valence-electron chi connectivity index (χ2n) is 8.41. The summed E-state index contributed by atoms with van der Waals surface area (Å²) in [5.41, 5.74) is 1.42. The van der Waals surface area contributed by atoms with Crippen molar-refractivity contribution in [3.05, 3.63) is 139 Å². The number of carbonyl (C=O) groups excluding carboxylic acids is 2. The fourth-order valence-electron chi connectivity index (χ4n) is 4.24. The van der Waals surface area contributed by atoms with Crippen LogP contribution >= 0.6 is 0 Å². The first-order valence-electron chi connectivity index (χ1n) is 11.3. The molecule has 8 nitrogen and oxygen atoms in total. The van der Waals surface area contributed by atoms with E-state index in [2.05, 4.69) is 10.2 Å². The zero-order valence-electron chi connectivity index (χ0n) is 19.6. The van der Waals surface area contributed by atoms with E-state index in [0.717, 1.165) is 0 Å². The quantitative estimate of drug-likeness (QED) is 0.363. The van der Waals surface area contributed by atoms with E-state index in [1.54, 1.807) is 80.6 Å². The molecule has 0 aliphatic heterocycles. The normalized spacial score (nSPS) is 10.9. The van der Waals surface area contributed by atoms with Crippen molar-refractivity contribution in [2.45, 2.75) is 13.8 Å². The summed E-state index contributed by atoms with van der Waals surface area (Å²) in [5, 5.41) is 5.89. The van der Waals surface area contributed by atoms with Crippen LogP contribution in [0.15, 0.2) is 94.5 Å². The van der Waals surface area contributed by atoms with Gasteiger partial charge in [0.1, 0.15) is 11.1 Å². The predicted octanol–water partition coefficient (Wildman–Crippen LogP) is 3.72. The highest BCUT2D eigenvalue weighted by molar-refractivity contribution is 6.13. The maximum Gasteiger partial charge on any atom is 0.282 e. The summed E-state index contributed by atoms with van der Waals surface area (Å²) in [5.74, 6) is -1.02. The second-order valence-corrected chi connectivity index (χ2v) is 8.41. The smallest absolute Gasteiger partial charge is 0.282 e. The van der Waals surface area contributed by atoms with Crippen LogP contribution in [0.1, 0.15) is 43.2 Å². The molecule has 0 fully saturated rings. The molecule has 8 heteroatoms. The molecule has 0 amide bonds. The lowest BCUT2D eigenvalue weighted by Crippen LogP contribution is -2.22. The third kappa shape index (κ3) is 3.84. The Hall–Kier alpha value is -4.98. The molecule has 5 aromatic rings. The maximum atomic E-state index is 13.4. The lowest BCUT2D eigenvalue weighted by Gasteiger charge is -2.03. The Labute approximate surface area is 205 Å². The van der Waals surface area contributed by atoms with Crippen molar-refractivity contribution in [1.82, 2.24) is 19.6 Å². The minimum Gasteiger partial charge on any atom is -0.295 e. The van der Waals surface area contributed by atoms with E-state index in [1.807, 2.05) is 12.1 Å². The van der Waals surface area contributed by atoms with Gasteiger partial charge in [0.25, 0.3) is 11.1 Å². The van der Waals surface area contributed by atoms with E-state index >= 15 is 0 Å². The highest BCUT2D eigenvalue weighted by Gasteiger charge is 2.24. The average Bonchev–Trinajstić information content (AvgIpc) is 3.38. The summed E-state index contributed by atoms with van der Waals surface area (Å²) in [6.07, 6.45) is 0. The Kier molecular flexibility index (Phi) is 5.69. The average molecular weight is 479 g/mol. The zero-order chi connectivity index (χ0) is 25.4. The van der Waals surface area contributed by atoms with Gasteiger partial charge in [-0.25, -0.2) is 9.36 Å². The van der Waals surface area contributed by atoms with Crippen LogP contribution in [0, 0.1) is 13.8 Å². The molecule has 0 unspecified atom stereocenters. The van der Waals surface area contributed by atoms with Gasteiger partial charge in [-0.3, -0.25) is 29.4 Å². The van der Waals surface area contributed by atoms with Crippen LogP contribution in [-0.2, 0) is 0 Å². The number of nitrogens with zero attached hydrogens (tertiary/aromatic N) is 2. The van der Waals surface area contributed by atoms with Crippen molar-refractivity contribution in [2.75, 3.05) is 0 Å². The fourth-order valence-corrected chi connectivity index (χ4v) is 4.24. The molecule has 2 aromatic heterocycles. The van der Waals surface area contributed by atoms with E-state index in [9.17, 15) is 19.2 Å². The zero-order valence-corrected chi connectivity index (χ0v) is 19.6. The molecule has 2 N–H and O–H groups in total. The largest absolute Gasteiger partial charge is 0.295 e. The maximum absolute atomic E-state index is 13.4. The minimum atomic E-state index is -0.509. The molecule has 0 spiro atoms. The number of aromatic nitrogens is 4. The van der Waals surface area contributed by atoms with Crippen molar-refractivity contribution in [3.63, 3.8) is 0 Å². The standard InChI is InChI=1S/C28H22N4O4/c1-17-23(27(35)31(29-17)21-12-5-3-6-13-21)25(33)19-10-9-11-20(16-19)26(34)24-18(2)30-32(28(24)36)22-14-7-4-8-15-22/h3-16,29-30H,1-2H3. The molecule has 36 heavy (non-hydrogen) atoms. The third-order valence-electron chi connectivity index (χ3n) is 6.01. The molecule has 0 radical (unpaired) electrons. The molecule has 5 rings (SSSR count). The molecule has 2 heterocycles. The van der Waals surface area contributed by atoms with Crippen LogP contribution in [0.4, 0.5) is 0 Å². The highest BCUT2D eigenvalue weighted by atomic mass is 16.2. The molecule has 0 atom stereocenters. The molecule has 0 saturated carbocycles. The van der Waals surface area contributed by atoms with Gasteiger partial charge in [0, 0.05) is 22.5 Å². The number of hydrogen-bond donors (Lipinski definition) is 2. The van der Waals surface area contributed by atoms with Gasteiger partial charge in [-0.2, -0.15) is 0 Å². The summed E-state index contributed by atoms with van der Waals surface area (Å²) in [7, 11) is 0. The van der Waals surface area contributed by atoms with Crippen LogP contribution in [0.5, 0.6) is 0 Å².